The molecule has 0 amide bonds. The fourth-order valence-electron chi connectivity index (χ4n) is 2.72. The molecule has 0 radical (unpaired) electrons. The molecular weight excluding hydrogens is 244 g/mol. The van der Waals surface area contributed by atoms with E-state index in [1.807, 2.05) is 6.92 Å². The third-order valence-corrected chi connectivity index (χ3v) is 4.19. The molecule has 0 saturated carbocycles. The number of benzene rings is 1. The van der Waals surface area contributed by atoms with Gasteiger partial charge in [0.15, 0.2) is 0 Å². The number of nitrogens with zero attached hydrogens (tertiary/aromatic N) is 1. The van der Waals surface area contributed by atoms with Crippen LogP contribution in [0.2, 0.25) is 5.02 Å². The van der Waals surface area contributed by atoms with Crippen LogP contribution in [0.5, 0.6) is 0 Å². The van der Waals surface area contributed by atoms with Crippen LogP contribution in [0.4, 0.5) is 5.69 Å². The van der Waals surface area contributed by atoms with E-state index >= 15 is 0 Å². The first-order chi connectivity index (χ1) is 8.59. The minimum Gasteiger partial charge on any atom is -0.369 e. The van der Waals surface area contributed by atoms with Crippen molar-refractivity contribution in [1.82, 2.24) is 0 Å². The van der Waals surface area contributed by atoms with E-state index < -0.39 is 0 Å². The molecule has 1 aromatic carbocycles. The maximum absolute atomic E-state index is 6.33. The van der Waals surface area contributed by atoms with Crippen molar-refractivity contribution >= 4 is 17.3 Å². The zero-order valence-electron chi connectivity index (χ0n) is 11.3. The van der Waals surface area contributed by atoms with Gasteiger partial charge in [-0.2, -0.15) is 0 Å². The highest BCUT2D eigenvalue weighted by Crippen LogP contribution is 2.30. The highest BCUT2D eigenvalue weighted by atomic mass is 35.5. The van der Waals surface area contributed by atoms with Crippen molar-refractivity contribution in [3.63, 3.8) is 0 Å². The van der Waals surface area contributed by atoms with Crippen LogP contribution in [-0.4, -0.2) is 12.6 Å². The summed E-state index contributed by atoms with van der Waals surface area (Å²) in [4.78, 5) is 2.48. The third-order valence-electron chi connectivity index (χ3n) is 3.86. The average molecular weight is 267 g/mol. The molecule has 0 bridgehead atoms. The minimum absolute atomic E-state index is 0.00638. The predicted molar refractivity (Wildman–Crippen MR) is 79.3 cm³/mol. The van der Waals surface area contributed by atoms with Crippen LogP contribution in [0.3, 0.4) is 0 Å². The molecule has 2 atom stereocenters. The lowest BCUT2D eigenvalue weighted by atomic mass is 10.1. The predicted octanol–water partition coefficient (Wildman–Crippen LogP) is 4.13. The lowest BCUT2D eigenvalue weighted by molar-refractivity contribution is 0.616. The average Bonchev–Trinajstić information content (AvgIpc) is 2.53. The molecule has 1 heterocycles. The second-order valence-electron chi connectivity index (χ2n) is 5.39. The summed E-state index contributed by atoms with van der Waals surface area (Å²) in [7, 11) is 0. The molecular formula is C15H23ClN2. The molecule has 0 spiro atoms. The normalized spacial score (nSPS) is 22.7. The Hall–Kier alpha value is -0.730. The van der Waals surface area contributed by atoms with E-state index in [2.05, 4.69) is 30.0 Å². The molecule has 2 rings (SSSR count). The van der Waals surface area contributed by atoms with Crippen LogP contribution in [0, 0.1) is 0 Å². The van der Waals surface area contributed by atoms with Gasteiger partial charge in [0, 0.05) is 29.3 Å². The molecule has 2 N–H and O–H groups in total. The number of halogens is 1. The van der Waals surface area contributed by atoms with Crippen LogP contribution in [0.25, 0.3) is 0 Å². The summed E-state index contributed by atoms with van der Waals surface area (Å²) in [6.45, 7) is 5.41. The van der Waals surface area contributed by atoms with Gasteiger partial charge in [-0.05, 0) is 44.4 Å². The van der Waals surface area contributed by atoms with Crippen LogP contribution in [0.1, 0.15) is 51.1 Å². The van der Waals surface area contributed by atoms with Crippen molar-refractivity contribution < 1.29 is 0 Å². The summed E-state index contributed by atoms with van der Waals surface area (Å²) in [5, 5.41) is 0.791. The van der Waals surface area contributed by atoms with Crippen molar-refractivity contribution in [3.05, 3.63) is 28.8 Å². The van der Waals surface area contributed by atoms with Crippen molar-refractivity contribution in [2.24, 2.45) is 5.73 Å². The van der Waals surface area contributed by atoms with E-state index in [0.717, 1.165) is 17.1 Å². The second kappa shape index (κ2) is 5.94. The number of anilines is 1. The van der Waals surface area contributed by atoms with Crippen molar-refractivity contribution in [1.29, 1.82) is 0 Å². The zero-order valence-corrected chi connectivity index (χ0v) is 12.1. The molecule has 1 aromatic rings. The quantitative estimate of drug-likeness (QED) is 0.872. The molecule has 1 aliphatic heterocycles. The van der Waals surface area contributed by atoms with Crippen molar-refractivity contribution in [2.75, 3.05) is 11.4 Å². The van der Waals surface area contributed by atoms with E-state index in [4.69, 9.17) is 17.3 Å². The van der Waals surface area contributed by atoms with Gasteiger partial charge in [0.2, 0.25) is 0 Å². The maximum Gasteiger partial charge on any atom is 0.0474 e. The van der Waals surface area contributed by atoms with Gasteiger partial charge in [-0.3, -0.25) is 0 Å². The van der Waals surface area contributed by atoms with Crippen LogP contribution in [-0.2, 0) is 0 Å². The smallest absolute Gasteiger partial charge is 0.0474 e. The van der Waals surface area contributed by atoms with Gasteiger partial charge in [-0.15, -0.1) is 0 Å². The Morgan fingerprint density at radius 1 is 1.33 bits per heavy atom. The van der Waals surface area contributed by atoms with Crippen molar-refractivity contribution in [3.8, 4) is 0 Å². The molecule has 2 nitrogen and oxygen atoms in total. The van der Waals surface area contributed by atoms with Gasteiger partial charge in [0.1, 0.15) is 0 Å². The largest absolute Gasteiger partial charge is 0.369 e. The topological polar surface area (TPSA) is 29.3 Å². The summed E-state index contributed by atoms with van der Waals surface area (Å²) in [5.74, 6) is 0. The molecule has 3 heteroatoms. The van der Waals surface area contributed by atoms with Crippen LogP contribution < -0.4 is 10.6 Å². The lowest BCUT2D eigenvalue weighted by Gasteiger charge is -2.30. The Bertz CT molecular complexity index is 403. The first-order valence-corrected chi connectivity index (χ1v) is 7.29. The van der Waals surface area contributed by atoms with Gasteiger partial charge in [0.25, 0.3) is 0 Å². The van der Waals surface area contributed by atoms with Crippen LogP contribution in [0.15, 0.2) is 18.2 Å². The molecule has 18 heavy (non-hydrogen) atoms. The molecule has 0 aromatic heterocycles. The highest BCUT2D eigenvalue weighted by molar-refractivity contribution is 6.31. The Labute approximate surface area is 115 Å². The molecule has 2 unspecified atom stereocenters. The summed E-state index contributed by atoms with van der Waals surface area (Å²) >= 11 is 6.33. The molecule has 100 valence electrons. The molecule has 0 aliphatic carbocycles. The number of hydrogen-bond donors (Lipinski definition) is 1. The van der Waals surface area contributed by atoms with Gasteiger partial charge in [-0.1, -0.05) is 30.5 Å². The summed E-state index contributed by atoms with van der Waals surface area (Å²) < 4.78 is 0. The monoisotopic (exact) mass is 266 g/mol. The van der Waals surface area contributed by atoms with E-state index in [0.29, 0.717) is 6.04 Å². The number of rotatable bonds is 2. The fraction of sp³-hybridized carbons (Fsp3) is 0.600. The Morgan fingerprint density at radius 2 is 2.11 bits per heavy atom. The van der Waals surface area contributed by atoms with Gasteiger partial charge in [0.05, 0.1) is 0 Å². The first kappa shape index (κ1) is 13.7. The fourth-order valence-corrected chi connectivity index (χ4v) is 3.07. The van der Waals surface area contributed by atoms with E-state index in [-0.39, 0.29) is 6.04 Å². The van der Waals surface area contributed by atoms with Gasteiger partial charge in [-0.25, -0.2) is 0 Å². The minimum atomic E-state index is -0.00638. The Kier molecular flexibility index (Phi) is 4.52. The van der Waals surface area contributed by atoms with Crippen molar-refractivity contribution in [2.45, 2.75) is 51.6 Å². The van der Waals surface area contributed by atoms with E-state index in [1.165, 1.54) is 31.4 Å². The lowest BCUT2D eigenvalue weighted by Crippen LogP contribution is -2.32. The third kappa shape index (κ3) is 2.99. The maximum atomic E-state index is 6.33. The second-order valence-corrected chi connectivity index (χ2v) is 5.79. The van der Waals surface area contributed by atoms with Gasteiger partial charge >= 0.3 is 0 Å². The molecule has 1 fully saturated rings. The summed E-state index contributed by atoms with van der Waals surface area (Å²) in [5.41, 5.74) is 8.16. The highest BCUT2D eigenvalue weighted by Gasteiger charge is 2.18. The first-order valence-electron chi connectivity index (χ1n) is 6.91. The summed E-state index contributed by atoms with van der Waals surface area (Å²) in [6, 6.07) is 6.90. The number of hydrogen-bond acceptors (Lipinski definition) is 2. The van der Waals surface area contributed by atoms with Gasteiger partial charge < -0.3 is 10.6 Å². The molecule has 1 saturated heterocycles. The summed E-state index contributed by atoms with van der Waals surface area (Å²) in [6.07, 6.45) is 5.22. The standard InChI is InChI=1S/C15H23ClN2/c1-11-6-4-3-5-9-18(11)13-7-8-14(12(2)17)15(16)10-13/h7-8,10-12H,3-6,9,17H2,1-2H3. The van der Waals surface area contributed by atoms with Crippen LogP contribution >= 0.6 is 11.6 Å². The van der Waals surface area contributed by atoms with E-state index in [1.54, 1.807) is 0 Å². The van der Waals surface area contributed by atoms with E-state index in [9.17, 15) is 0 Å². The number of nitrogens with two attached hydrogens (primary N) is 1. The Morgan fingerprint density at radius 3 is 2.78 bits per heavy atom. The SMILES string of the molecule is CC(N)c1ccc(N2CCCCCC2C)cc1Cl. The zero-order chi connectivity index (χ0) is 13.1. The molecule has 1 aliphatic rings. The Balaban J connectivity index is 2.24.